The van der Waals surface area contributed by atoms with Crippen molar-refractivity contribution in [3.05, 3.63) is 23.8 Å². The van der Waals surface area contributed by atoms with Crippen molar-refractivity contribution in [1.82, 2.24) is 4.90 Å². The number of nitrogens with two attached hydrogens (primary N) is 1. The van der Waals surface area contributed by atoms with Gasteiger partial charge in [-0.05, 0) is 25.2 Å². The molecule has 2 rings (SSSR count). The number of nitrogens with zero attached hydrogens (tertiary/aromatic N) is 1. The molecule has 1 heterocycles. The molecule has 1 aromatic rings. The number of carbonyl (C=O) groups is 1. The van der Waals surface area contributed by atoms with Gasteiger partial charge in [-0.15, -0.1) is 0 Å². The molecule has 1 aliphatic rings. The minimum absolute atomic E-state index is 0.146. The fraction of sp³-hybridized carbons (Fsp3) is 0.500. The van der Waals surface area contributed by atoms with E-state index in [4.69, 9.17) is 15.2 Å². The fourth-order valence-electron chi connectivity index (χ4n) is 2.17. The first-order chi connectivity index (χ1) is 9.60. The highest BCUT2D eigenvalue weighted by molar-refractivity contribution is 5.96. The largest absolute Gasteiger partial charge is 0.465 e. The minimum Gasteiger partial charge on any atom is -0.465 e. The Kier molecular flexibility index (Phi) is 4.81. The van der Waals surface area contributed by atoms with Gasteiger partial charge in [-0.2, -0.15) is 0 Å². The first-order valence-corrected chi connectivity index (χ1v) is 6.62. The van der Waals surface area contributed by atoms with Crippen molar-refractivity contribution >= 4 is 17.3 Å². The molecule has 1 aromatic carbocycles. The third-order valence-electron chi connectivity index (χ3n) is 3.33. The van der Waals surface area contributed by atoms with Crippen molar-refractivity contribution in [2.24, 2.45) is 0 Å². The van der Waals surface area contributed by atoms with Crippen LogP contribution in [-0.4, -0.2) is 57.4 Å². The fourth-order valence-corrected chi connectivity index (χ4v) is 2.17. The van der Waals surface area contributed by atoms with E-state index in [2.05, 4.69) is 17.3 Å². The van der Waals surface area contributed by atoms with E-state index in [0.29, 0.717) is 17.8 Å². The van der Waals surface area contributed by atoms with Gasteiger partial charge in [-0.25, -0.2) is 4.79 Å². The van der Waals surface area contributed by atoms with Gasteiger partial charge in [0.05, 0.1) is 25.4 Å². The Balaban J connectivity index is 1.97. The molecule has 0 saturated carbocycles. The van der Waals surface area contributed by atoms with Crippen LogP contribution in [-0.2, 0) is 9.47 Å². The van der Waals surface area contributed by atoms with Gasteiger partial charge in [0.2, 0.25) is 0 Å². The zero-order chi connectivity index (χ0) is 14.5. The maximum absolute atomic E-state index is 11.6. The monoisotopic (exact) mass is 279 g/mol. The number of anilines is 2. The number of ether oxygens (including phenoxy) is 2. The normalized spacial score (nSPS) is 19.6. The maximum atomic E-state index is 11.6. The molecule has 1 aliphatic heterocycles. The number of carbonyl (C=O) groups excluding carboxylic acids is 1. The van der Waals surface area contributed by atoms with Gasteiger partial charge in [0.1, 0.15) is 0 Å². The van der Waals surface area contributed by atoms with Crippen molar-refractivity contribution in [1.29, 1.82) is 0 Å². The molecule has 20 heavy (non-hydrogen) atoms. The van der Waals surface area contributed by atoms with E-state index < -0.39 is 5.97 Å². The van der Waals surface area contributed by atoms with E-state index in [1.165, 1.54) is 7.11 Å². The first kappa shape index (κ1) is 14.6. The van der Waals surface area contributed by atoms with E-state index in [1.54, 1.807) is 12.1 Å². The zero-order valence-corrected chi connectivity index (χ0v) is 11.9. The molecule has 3 N–H and O–H groups in total. The summed E-state index contributed by atoms with van der Waals surface area (Å²) in [6.07, 6.45) is 0.146. The molecule has 0 bridgehead atoms. The number of nitrogen functional groups attached to an aromatic ring is 1. The molecule has 0 amide bonds. The maximum Gasteiger partial charge on any atom is 0.340 e. The molecule has 6 nitrogen and oxygen atoms in total. The summed E-state index contributed by atoms with van der Waals surface area (Å²) >= 11 is 0. The average molecular weight is 279 g/mol. The Morgan fingerprint density at radius 2 is 2.40 bits per heavy atom. The summed E-state index contributed by atoms with van der Waals surface area (Å²) in [4.78, 5) is 13.8. The Bertz CT molecular complexity index is 479. The van der Waals surface area contributed by atoms with Crippen molar-refractivity contribution in [3.8, 4) is 0 Å². The van der Waals surface area contributed by atoms with Gasteiger partial charge in [0.15, 0.2) is 0 Å². The number of rotatable bonds is 4. The molecule has 1 saturated heterocycles. The highest BCUT2D eigenvalue weighted by Gasteiger charge is 2.17. The van der Waals surface area contributed by atoms with Crippen LogP contribution in [0.5, 0.6) is 0 Å². The van der Waals surface area contributed by atoms with Gasteiger partial charge >= 0.3 is 5.97 Å². The molecule has 110 valence electrons. The van der Waals surface area contributed by atoms with Crippen LogP contribution in [0.15, 0.2) is 18.2 Å². The van der Waals surface area contributed by atoms with Gasteiger partial charge < -0.3 is 25.4 Å². The molecule has 0 aliphatic carbocycles. The Morgan fingerprint density at radius 1 is 1.60 bits per heavy atom. The van der Waals surface area contributed by atoms with Gasteiger partial charge in [0.25, 0.3) is 0 Å². The quantitative estimate of drug-likeness (QED) is 0.627. The molecule has 1 atom stereocenters. The van der Waals surface area contributed by atoms with Crippen LogP contribution in [0.3, 0.4) is 0 Å². The number of hydrogen-bond donors (Lipinski definition) is 2. The van der Waals surface area contributed by atoms with Gasteiger partial charge in [-0.3, -0.25) is 0 Å². The lowest BCUT2D eigenvalue weighted by Gasteiger charge is -2.30. The second-order valence-electron chi connectivity index (χ2n) is 4.93. The smallest absolute Gasteiger partial charge is 0.340 e. The number of nitrogens with one attached hydrogen (secondary N) is 1. The van der Waals surface area contributed by atoms with E-state index >= 15 is 0 Å². The third-order valence-corrected chi connectivity index (χ3v) is 3.33. The van der Waals surface area contributed by atoms with Crippen LogP contribution in [0, 0.1) is 0 Å². The van der Waals surface area contributed by atoms with Crippen LogP contribution >= 0.6 is 0 Å². The van der Waals surface area contributed by atoms with E-state index in [1.807, 2.05) is 6.07 Å². The summed E-state index contributed by atoms with van der Waals surface area (Å²) in [5, 5.41) is 3.27. The number of morpholine rings is 1. The van der Waals surface area contributed by atoms with E-state index in [0.717, 1.165) is 25.4 Å². The van der Waals surface area contributed by atoms with Crippen LogP contribution in [0.1, 0.15) is 10.4 Å². The number of benzene rings is 1. The molecular formula is C14H21N3O3. The van der Waals surface area contributed by atoms with Crippen molar-refractivity contribution in [2.45, 2.75) is 6.10 Å². The van der Waals surface area contributed by atoms with Crippen molar-refractivity contribution < 1.29 is 14.3 Å². The lowest BCUT2D eigenvalue weighted by molar-refractivity contribution is -0.0117. The van der Waals surface area contributed by atoms with Crippen LogP contribution in [0.4, 0.5) is 11.4 Å². The zero-order valence-electron chi connectivity index (χ0n) is 11.9. The average Bonchev–Trinajstić information content (AvgIpc) is 2.45. The SMILES string of the molecule is COC(=O)c1cc(NCC2CN(C)CCO2)ccc1N. The second-order valence-corrected chi connectivity index (χ2v) is 4.93. The third kappa shape index (κ3) is 3.61. The van der Waals surface area contributed by atoms with Gasteiger partial charge in [-0.1, -0.05) is 0 Å². The number of hydrogen-bond acceptors (Lipinski definition) is 6. The highest BCUT2D eigenvalue weighted by atomic mass is 16.5. The molecular weight excluding hydrogens is 258 g/mol. The Morgan fingerprint density at radius 3 is 3.10 bits per heavy atom. The summed E-state index contributed by atoms with van der Waals surface area (Å²) in [6.45, 7) is 3.30. The second kappa shape index (κ2) is 6.58. The molecule has 6 heteroatoms. The predicted molar refractivity (Wildman–Crippen MR) is 77.9 cm³/mol. The standard InChI is InChI=1S/C14H21N3O3/c1-17-5-6-20-11(9-17)8-16-10-3-4-13(15)12(7-10)14(18)19-2/h3-4,7,11,16H,5-6,8-9,15H2,1-2H3. The molecule has 1 fully saturated rings. The van der Waals surface area contributed by atoms with Crippen LogP contribution < -0.4 is 11.1 Å². The molecule has 0 aromatic heterocycles. The highest BCUT2D eigenvalue weighted by Crippen LogP contribution is 2.19. The lowest BCUT2D eigenvalue weighted by Crippen LogP contribution is -2.43. The minimum atomic E-state index is -0.431. The summed E-state index contributed by atoms with van der Waals surface area (Å²) in [7, 11) is 3.42. The predicted octanol–water partition coefficient (Wildman–Crippen LogP) is 0.798. The summed E-state index contributed by atoms with van der Waals surface area (Å²) in [6, 6.07) is 5.24. The summed E-state index contributed by atoms with van der Waals surface area (Å²) in [5.41, 5.74) is 7.38. The van der Waals surface area contributed by atoms with Crippen LogP contribution in [0.2, 0.25) is 0 Å². The van der Waals surface area contributed by atoms with Crippen molar-refractivity contribution in [3.63, 3.8) is 0 Å². The van der Waals surface area contributed by atoms with Gasteiger partial charge in [0, 0.05) is 31.0 Å². The van der Waals surface area contributed by atoms with E-state index in [-0.39, 0.29) is 6.10 Å². The summed E-state index contributed by atoms with van der Waals surface area (Å²) < 4.78 is 10.4. The van der Waals surface area contributed by atoms with Crippen molar-refractivity contribution in [2.75, 3.05) is 51.4 Å². The number of methoxy groups -OCH3 is 1. The first-order valence-electron chi connectivity index (χ1n) is 6.62. The summed E-state index contributed by atoms with van der Waals surface area (Å²) in [5.74, 6) is -0.431. The molecule has 1 unspecified atom stereocenters. The Hall–Kier alpha value is -1.79. The Labute approximate surface area is 118 Å². The lowest BCUT2D eigenvalue weighted by atomic mass is 10.1. The topological polar surface area (TPSA) is 76.8 Å². The van der Waals surface area contributed by atoms with E-state index in [9.17, 15) is 4.79 Å². The number of likely N-dealkylation sites (N-methyl/N-ethyl adjacent to an activating group) is 1. The molecule has 0 radical (unpaired) electrons. The van der Waals surface area contributed by atoms with Crippen LogP contribution in [0.25, 0.3) is 0 Å². The number of esters is 1. The molecule has 0 spiro atoms.